The number of hydrogen-bond donors (Lipinski definition) is 1. The van der Waals surface area contributed by atoms with Crippen LogP contribution in [-0.4, -0.2) is 22.4 Å². The van der Waals surface area contributed by atoms with Gasteiger partial charge in [0.2, 0.25) is 0 Å². The second-order valence-corrected chi connectivity index (χ2v) is 3.09. The lowest BCUT2D eigenvalue weighted by Crippen LogP contribution is -2.06. The molecule has 0 aromatic heterocycles. The van der Waals surface area contributed by atoms with Gasteiger partial charge >= 0.3 is 5.97 Å². The van der Waals surface area contributed by atoms with Crippen molar-refractivity contribution in [3.63, 3.8) is 0 Å². The second-order valence-electron chi connectivity index (χ2n) is 2.08. The minimum atomic E-state index is -0.417. The van der Waals surface area contributed by atoms with Crippen molar-refractivity contribution < 1.29 is 14.1 Å². The lowest BCUT2D eigenvalue weighted by molar-refractivity contribution is -0.137. The summed E-state index contributed by atoms with van der Waals surface area (Å²) in [6.07, 6.45) is 1.78. The molecule has 1 unspecified atom stereocenters. The number of ether oxygens (including phenoxy) is 1. The highest BCUT2D eigenvalue weighted by Crippen LogP contribution is 2.08. The van der Waals surface area contributed by atoms with Crippen LogP contribution < -0.4 is 0 Å². The smallest absolute Gasteiger partial charge is 0.330 e. The molecule has 0 aliphatic carbocycles. The third kappa shape index (κ3) is 5.94. The van der Waals surface area contributed by atoms with Crippen molar-refractivity contribution in [2.24, 2.45) is 0 Å². The Kier molecular flexibility index (Phi) is 5.97. The zero-order chi connectivity index (χ0) is 8.69. The summed E-state index contributed by atoms with van der Waals surface area (Å²) in [6.45, 7) is 5.44. The van der Waals surface area contributed by atoms with E-state index in [1.807, 2.05) is 6.92 Å². The molecule has 3 nitrogen and oxygen atoms in total. The van der Waals surface area contributed by atoms with E-state index >= 15 is 0 Å². The normalized spacial score (nSPS) is 12.2. The quantitative estimate of drug-likeness (QED) is 0.393. The Morgan fingerprint density at radius 3 is 3.00 bits per heavy atom. The third-order valence-corrected chi connectivity index (χ3v) is 1.71. The molecule has 11 heavy (non-hydrogen) atoms. The molecule has 64 valence electrons. The molecule has 0 rings (SSSR count). The van der Waals surface area contributed by atoms with Gasteiger partial charge in [-0.3, -0.25) is 0 Å². The maximum atomic E-state index is 10.5. The predicted molar refractivity (Wildman–Crippen MR) is 45.5 cm³/mol. The van der Waals surface area contributed by atoms with Crippen molar-refractivity contribution >= 4 is 18.0 Å². The predicted octanol–water partition coefficient (Wildman–Crippen LogP) is 1.70. The van der Waals surface area contributed by atoms with E-state index in [9.17, 15) is 4.79 Å². The second kappa shape index (κ2) is 6.24. The number of carbonyl (C=O) groups excluding carboxylic acids is 1. The van der Waals surface area contributed by atoms with Crippen LogP contribution >= 0.6 is 12.0 Å². The van der Waals surface area contributed by atoms with Gasteiger partial charge in [-0.1, -0.05) is 13.5 Å². The fraction of sp³-hybridized carbons (Fsp3) is 0.571. The highest BCUT2D eigenvalue weighted by Gasteiger charge is 2.01. The molecule has 0 saturated carbocycles. The molecule has 0 amide bonds. The minimum Gasteiger partial charge on any atom is -0.463 e. The Morgan fingerprint density at radius 1 is 1.91 bits per heavy atom. The summed E-state index contributed by atoms with van der Waals surface area (Å²) in [6, 6.07) is 0. The Bertz CT molecular complexity index is 136. The maximum absolute atomic E-state index is 10.5. The molecule has 0 aliphatic heterocycles. The van der Waals surface area contributed by atoms with E-state index < -0.39 is 5.97 Å². The average molecular weight is 176 g/mol. The van der Waals surface area contributed by atoms with Crippen LogP contribution in [0.2, 0.25) is 0 Å². The van der Waals surface area contributed by atoms with E-state index in [0.717, 1.165) is 18.1 Å². The molecule has 0 aromatic carbocycles. The Morgan fingerprint density at radius 2 is 2.55 bits per heavy atom. The number of esters is 1. The van der Waals surface area contributed by atoms with Crippen LogP contribution in [0.25, 0.3) is 0 Å². The molecule has 1 N–H and O–H groups in total. The van der Waals surface area contributed by atoms with Crippen molar-refractivity contribution in [3.05, 3.63) is 12.7 Å². The lowest BCUT2D eigenvalue weighted by Gasteiger charge is -2.05. The summed E-state index contributed by atoms with van der Waals surface area (Å²) in [5.41, 5.74) is 0. The van der Waals surface area contributed by atoms with Crippen LogP contribution in [0.4, 0.5) is 0 Å². The van der Waals surface area contributed by atoms with E-state index in [1.54, 1.807) is 0 Å². The third-order valence-electron chi connectivity index (χ3n) is 1.12. The SMILES string of the molecule is C=CC(=O)OCCC(C)SO. The molecule has 0 bridgehead atoms. The van der Waals surface area contributed by atoms with Crippen molar-refractivity contribution in [1.29, 1.82) is 0 Å². The van der Waals surface area contributed by atoms with Gasteiger partial charge in [0.15, 0.2) is 0 Å². The molecule has 1 atom stereocenters. The van der Waals surface area contributed by atoms with Crippen LogP contribution in [0, 0.1) is 0 Å². The number of hydrogen-bond acceptors (Lipinski definition) is 4. The number of rotatable bonds is 5. The van der Waals surface area contributed by atoms with Crippen LogP contribution in [0.1, 0.15) is 13.3 Å². The molecule has 0 fully saturated rings. The average Bonchev–Trinajstić information content (AvgIpc) is 2.04. The zero-order valence-electron chi connectivity index (χ0n) is 6.45. The van der Waals surface area contributed by atoms with E-state index in [-0.39, 0.29) is 5.25 Å². The molecular formula is C7H12O3S. The highest BCUT2D eigenvalue weighted by atomic mass is 32.2. The van der Waals surface area contributed by atoms with E-state index in [4.69, 9.17) is 4.55 Å². The summed E-state index contributed by atoms with van der Waals surface area (Å²) in [5, 5.41) is 0.104. The van der Waals surface area contributed by atoms with Crippen molar-refractivity contribution in [2.75, 3.05) is 6.61 Å². The van der Waals surface area contributed by atoms with Crippen LogP contribution in [0.3, 0.4) is 0 Å². The zero-order valence-corrected chi connectivity index (χ0v) is 7.26. The first-order chi connectivity index (χ1) is 5.20. The summed E-state index contributed by atoms with van der Waals surface area (Å²) >= 11 is 0.767. The van der Waals surface area contributed by atoms with E-state index in [0.29, 0.717) is 13.0 Å². The first-order valence-corrected chi connectivity index (χ1v) is 4.13. The van der Waals surface area contributed by atoms with Gasteiger partial charge in [0.05, 0.1) is 6.61 Å². The van der Waals surface area contributed by atoms with Gasteiger partial charge in [-0.25, -0.2) is 4.79 Å². The summed E-state index contributed by atoms with van der Waals surface area (Å²) in [5.74, 6) is -0.417. The number of carbonyl (C=O) groups is 1. The first-order valence-electron chi connectivity index (χ1n) is 3.30. The van der Waals surface area contributed by atoms with Crippen molar-refractivity contribution in [3.8, 4) is 0 Å². The summed E-state index contributed by atoms with van der Waals surface area (Å²) in [4.78, 5) is 10.5. The summed E-state index contributed by atoms with van der Waals surface area (Å²) < 4.78 is 13.2. The Labute approximate surface area is 70.6 Å². The first kappa shape index (κ1) is 10.5. The van der Waals surface area contributed by atoms with Gasteiger partial charge in [0.1, 0.15) is 0 Å². The van der Waals surface area contributed by atoms with Gasteiger partial charge in [-0.05, 0) is 18.5 Å². The largest absolute Gasteiger partial charge is 0.463 e. The molecular weight excluding hydrogens is 164 g/mol. The standard InChI is InChI=1S/C7H12O3S/c1-3-7(8)10-5-4-6(2)11-9/h3,6,9H,1,4-5H2,2H3. The van der Waals surface area contributed by atoms with Gasteiger partial charge in [-0.2, -0.15) is 0 Å². The van der Waals surface area contributed by atoms with Crippen molar-refractivity contribution in [2.45, 2.75) is 18.6 Å². The summed E-state index contributed by atoms with van der Waals surface area (Å²) in [7, 11) is 0. The highest BCUT2D eigenvalue weighted by molar-refractivity contribution is 7.94. The van der Waals surface area contributed by atoms with Gasteiger partial charge < -0.3 is 9.29 Å². The minimum absolute atomic E-state index is 0.104. The molecule has 0 aliphatic rings. The molecule has 4 heteroatoms. The topological polar surface area (TPSA) is 46.5 Å². The van der Waals surface area contributed by atoms with E-state index in [2.05, 4.69) is 11.3 Å². The van der Waals surface area contributed by atoms with Crippen molar-refractivity contribution in [1.82, 2.24) is 0 Å². The lowest BCUT2D eigenvalue weighted by atomic mass is 10.3. The van der Waals surface area contributed by atoms with E-state index in [1.165, 1.54) is 0 Å². The maximum Gasteiger partial charge on any atom is 0.330 e. The Balaban J connectivity index is 3.26. The fourth-order valence-electron chi connectivity index (χ4n) is 0.437. The van der Waals surface area contributed by atoms with Gasteiger partial charge in [-0.15, -0.1) is 0 Å². The van der Waals surface area contributed by atoms with Crippen LogP contribution in [-0.2, 0) is 9.53 Å². The van der Waals surface area contributed by atoms with Gasteiger partial charge in [0.25, 0.3) is 0 Å². The van der Waals surface area contributed by atoms with Gasteiger partial charge in [0, 0.05) is 11.3 Å². The van der Waals surface area contributed by atoms with Crippen LogP contribution in [0.15, 0.2) is 12.7 Å². The molecule has 0 radical (unpaired) electrons. The molecule has 0 spiro atoms. The fourth-order valence-corrected chi connectivity index (χ4v) is 0.639. The van der Waals surface area contributed by atoms with Crippen LogP contribution in [0.5, 0.6) is 0 Å². The monoisotopic (exact) mass is 176 g/mol. The molecule has 0 heterocycles. The Hall–Kier alpha value is -0.480. The molecule has 0 aromatic rings. The molecule has 0 saturated heterocycles.